The summed E-state index contributed by atoms with van der Waals surface area (Å²) in [5.41, 5.74) is 1.01. The average molecular weight is 332 g/mol. The van der Waals surface area contributed by atoms with Gasteiger partial charge < -0.3 is 19.5 Å². The van der Waals surface area contributed by atoms with Crippen LogP contribution < -0.4 is 10.1 Å². The summed E-state index contributed by atoms with van der Waals surface area (Å²) >= 11 is 12.3. The Morgan fingerprint density at radius 3 is 2.86 bits per heavy atom. The van der Waals surface area contributed by atoms with Crippen molar-refractivity contribution in [3.8, 4) is 5.75 Å². The third-order valence-corrected chi connectivity index (χ3v) is 4.22. The first-order valence-electron chi connectivity index (χ1n) is 7.11. The molecule has 2 heterocycles. The van der Waals surface area contributed by atoms with E-state index in [1.54, 1.807) is 6.07 Å². The second kappa shape index (κ2) is 5.94. The first-order valence-corrected chi connectivity index (χ1v) is 7.87. The Morgan fingerprint density at radius 2 is 2.14 bits per heavy atom. The van der Waals surface area contributed by atoms with E-state index in [9.17, 15) is 0 Å². The normalized spacial score (nSPS) is 27.2. The predicted octanol–water partition coefficient (Wildman–Crippen LogP) is 3.56. The molecule has 0 aromatic heterocycles. The fraction of sp³-hybridized carbons (Fsp3) is 0.600. The van der Waals surface area contributed by atoms with Gasteiger partial charge in [-0.05, 0) is 26.0 Å². The van der Waals surface area contributed by atoms with Crippen molar-refractivity contribution in [3.05, 3.63) is 27.7 Å². The van der Waals surface area contributed by atoms with Crippen LogP contribution in [-0.4, -0.2) is 31.6 Å². The Bertz CT molecular complexity index is 536. The van der Waals surface area contributed by atoms with E-state index in [0.29, 0.717) is 23.3 Å². The molecule has 0 saturated carbocycles. The van der Waals surface area contributed by atoms with Crippen molar-refractivity contribution in [2.24, 2.45) is 0 Å². The van der Waals surface area contributed by atoms with E-state index in [-0.39, 0.29) is 12.1 Å². The smallest absolute Gasteiger partial charge is 0.163 e. The zero-order valence-electron chi connectivity index (χ0n) is 12.1. The second-order valence-corrected chi connectivity index (χ2v) is 6.70. The molecule has 0 radical (unpaired) electrons. The summed E-state index contributed by atoms with van der Waals surface area (Å²) in [6.45, 7) is 5.82. The van der Waals surface area contributed by atoms with Crippen LogP contribution >= 0.6 is 23.2 Å². The zero-order valence-corrected chi connectivity index (χ0v) is 13.6. The lowest BCUT2D eigenvalue weighted by Crippen LogP contribution is -2.35. The van der Waals surface area contributed by atoms with Gasteiger partial charge in [0.15, 0.2) is 5.79 Å². The molecule has 1 aromatic rings. The number of rotatable bonds is 3. The summed E-state index contributed by atoms with van der Waals surface area (Å²) in [6, 6.07) is 3.79. The fourth-order valence-electron chi connectivity index (χ4n) is 2.78. The third kappa shape index (κ3) is 3.46. The van der Waals surface area contributed by atoms with Crippen molar-refractivity contribution >= 4 is 23.2 Å². The first kappa shape index (κ1) is 15.4. The van der Waals surface area contributed by atoms with Crippen LogP contribution in [0, 0.1) is 0 Å². The molecule has 0 amide bonds. The van der Waals surface area contributed by atoms with Gasteiger partial charge in [0, 0.05) is 29.6 Å². The highest BCUT2D eigenvalue weighted by Crippen LogP contribution is 2.40. The van der Waals surface area contributed by atoms with Crippen LogP contribution in [0.1, 0.15) is 31.9 Å². The summed E-state index contributed by atoms with van der Waals surface area (Å²) in [6.07, 6.45) is 0.932. The minimum absolute atomic E-state index is 0.0564. The molecular weight excluding hydrogens is 313 g/mol. The van der Waals surface area contributed by atoms with Crippen LogP contribution in [0.2, 0.25) is 10.0 Å². The number of benzene rings is 1. The van der Waals surface area contributed by atoms with Crippen molar-refractivity contribution in [1.29, 1.82) is 0 Å². The molecule has 0 spiro atoms. The van der Waals surface area contributed by atoms with Crippen LogP contribution in [0.5, 0.6) is 5.75 Å². The number of fused-ring (bicyclic) bond motifs is 1. The Balaban J connectivity index is 1.68. The zero-order chi connectivity index (χ0) is 15.0. The highest BCUT2D eigenvalue weighted by atomic mass is 35.5. The number of hydrogen-bond donors (Lipinski definition) is 1. The van der Waals surface area contributed by atoms with E-state index < -0.39 is 5.79 Å². The minimum atomic E-state index is -0.494. The van der Waals surface area contributed by atoms with Crippen LogP contribution in [0.15, 0.2) is 12.1 Å². The number of ether oxygens (including phenoxy) is 3. The van der Waals surface area contributed by atoms with Crippen molar-refractivity contribution in [1.82, 2.24) is 5.32 Å². The fourth-order valence-corrected chi connectivity index (χ4v) is 3.34. The van der Waals surface area contributed by atoms with Gasteiger partial charge in [0.25, 0.3) is 0 Å². The Labute approximate surface area is 134 Å². The maximum Gasteiger partial charge on any atom is 0.163 e. The van der Waals surface area contributed by atoms with E-state index in [1.807, 2.05) is 19.9 Å². The molecule has 6 heteroatoms. The molecule has 2 aliphatic rings. The molecule has 21 heavy (non-hydrogen) atoms. The minimum Gasteiger partial charge on any atom is -0.492 e. The molecule has 4 nitrogen and oxygen atoms in total. The monoisotopic (exact) mass is 331 g/mol. The Morgan fingerprint density at radius 1 is 1.33 bits per heavy atom. The number of halogens is 2. The highest BCUT2D eigenvalue weighted by molar-refractivity contribution is 6.35. The van der Waals surface area contributed by atoms with E-state index in [4.69, 9.17) is 37.4 Å². The Hall–Kier alpha value is -0.520. The molecule has 0 bridgehead atoms. The number of nitrogens with one attached hydrogen (secondary N) is 1. The van der Waals surface area contributed by atoms with Crippen molar-refractivity contribution in [2.45, 2.75) is 38.2 Å². The summed E-state index contributed by atoms with van der Waals surface area (Å²) < 4.78 is 17.0. The van der Waals surface area contributed by atoms with Crippen LogP contribution in [-0.2, 0) is 9.47 Å². The highest BCUT2D eigenvalue weighted by Gasteiger charge is 2.33. The van der Waals surface area contributed by atoms with E-state index >= 15 is 0 Å². The molecule has 2 atom stereocenters. The van der Waals surface area contributed by atoms with E-state index in [1.165, 1.54) is 0 Å². The SMILES string of the molecule is CC1(C)OCC(CNC2CCOc3c(Cl)cc(Cl)cc32)O1. The van der Waals surface area contributed by atoms with Gasteiger partial charge in [-0.2, -0.15) is 0 Å². The largest absolute Gasteiger partial charge is 0.492 e. The van der Waals surface area contributed by atoms with E-state index in [0.717, 1.165) is 24.3 Å². The second-order valence-electron chi connectivity index (χ2n) is 5.85. The number of hydrogen-bond acceptors (Lipinski definition) is 4. The van der Waals surface area contributed by atoms with Crippen molar-refractivity contribution in [2.75, 3.05) is 19.8 Å². The molecule has 2 unspecified atom stereocenters. The van der Waals surface area contributed by atoms with Gasteiger partial charge in [0.1, 0.15) is 5.75 Å². The molecule has 1 N–H and O–H groups in total. The summed E-state index contributed by atoms with van der Waals surface area (Å²) in [5, 5.41) is 4.69. The van der Waals surface area contributed by atoms with E-state index in [2.05, 4.69) is 5.32 Å². The molecule has 2 aliphatic heterocycles. The topological polar surface area (TPSA) is 39.7 Å². The molecule has 3 rings (SSSR count). The molecular formula is C15H19Cl2NO3. The summed E-state index contributed by atoms with van der Waals surface area (Å²) in [5.74, 6) is 0.237. The van der Waals surface area contributed by atoms with Crippen molar-refractivity contribution in [3.63, 3.8) is 0 Å². The van der Waals surface area contributed by atoms with Gasteiger partial charge in [-0.15, -0.1) is 0 Å². The van der Waals surface area contributed by atoms with Crippen LogP contribution in [0.4, 0.5) is 0 Å². The lowest BCUT2D eigenvalue weighted by molar-refractivity contribution is -0.137. The maximum absolute atomic E-state index is 6.20. The van der Waals surface area contributed by atoms with Gasteiger partial charge in [-0.1, -0.05) is 23.2 Å². The average Bonchev–Trinajstić information content (AvgIpc) is 2.76. The first-order chi connectivity index (χ1) is 9.94. The predicted molar refractivity (Wildman–Crippen MR) is 82.2 cm³/mol. The van der Waals surface area contributed by atoms with Gasteiger partial charge in [0.05, 0.1) is 24.3 Å². The van der Waals surface area contributed by atoms with Gasteiger partial charge in [0.2, 0.25) is 0 Å². The molecule has 1 fully saturated rings. The lowest BCUT2D eigenvalue weighted by atomic mass is 10.0. The molecule has 116 valence electrons. The van der Waals surface area contributed by atoms with Gasteiger partial charge in [-0.3, -0.25) is 0 Å². The lowest BCUT2D eigenvalue weighted by Gasteiger charge is -2.28. The molecule has 1 saturated heterocycles. The Kier molecular flexibility index (Phi) is 4.35. The van der Waals surface area contributed by atoms with Gasteiger partial charge >= 0.3 is 0 Å². The third-order valence-electron chi connectivity index (χ3n) is 3.72. The maximum atomic E-state index is 6.20. The summed E-state index contributed by atoms with van der Waals surface area (Å²) in [4.78, 5) is 0. The van der Waals surface area contributed by atoms with Crippen LogP contribution in [0.25, 0.3) is 0 Å². The standard InChI is InChI=1S/C15H19Cl2NO3/c1-15(2)20-8-10(21-15)7-18-13-3-4-19-14-11(13)5-9(16)6-12(14)17/h5-6,10,13,18H,3-4,7-8H2,1-2H3. The van der Waals surface area contributed by atoms with Crippen LogP contribution in [0.3, 0.4) is 0 Å². The summed E-state index contributed by atoms with van der Waals surface area (Å²) in [7, 11) is 0. The molecule has 0 aliphatic carbocycles. The van der Waals surface area contributed by atoms with Gasteiger partial charge in [-0.25, -0.2) is 0 Å². The quantitative estimate of drug-likeness (QED) is 0.919. The van der Waals surface area contributed by atoms with Crippen molar-refractivity contribution < 1.29 is 14.2 Å². The molecule has 1 aromatic carbocycles.